The molecule has 1 N–H and O–H groups in total. The summed E-state index contributed by atoms with van der Waals surface area (Å²) in [6.07, 6.45) is 1.32. The van der Waals surface area contributed by atoms with Crippen LogP contribution in [0, 0.1) is 10.1 Å². The van der Waals surface area contributed by atoms with Gasteiger partial charge in [-0.3, -0.25) is 10.1 Å². The number of carbonyl (C=O) groups is 1. The minimum Gasteiger partial charge on any atom is -0.444 e. The lowest BCUT2D eigenvalue weighted by Gasteiger charge is -2.27. The average Bonchev–Trinajstić information content (AvgIpc) is 2.91. The number of nitro groups is 1. The van der Waals surface area contributed by atoms with Crippen LogP contribution in [0.5, 0.6) is 0 Å². The quantitative estimate of drug-likeness (QED) is 0.613. The number of alkyl carbamates (subject to hydrolysis) is 1. The summed E-state index contributed by atoms with van der Waals surface area (Å²) in [5.41, 5.74) is 0.0921. The maximum Gasteiger partial charge on any atom is 0.407 e. The molecule has 0 bridgehead atoms. The van der Waals surface area contributed by atoms with E-state index in [0.717, 1.165) is 19.4 Å². The number of amides is 1. The number of benzene rings is 1. The van der Waals surface area contributed by atoms with Crippen LogP contribution in [0.1, 0.15) is 33.6 Å². The second kappa shape index (κ2) is 7.38. The minimum atomic E-state index is -0.552. The van der Waals surface area contributed by atoms with Crippen LogP contribution in [0.4, 0.5) is 16.2 Å². The maximum atomic E-state index is 11.8. The fourth-order valence-electron chi connectivity index (χ4n) is 2.77. The Balaban J connectivity index is 2.09. The molecule has 0 unspecified atom stereocenters. The first-order chi connectivity index (χ1) is 11.2. The third-order valence-corrected chi connectivity index (χ3v) is 4.19. The molecule has 1 aliphatic rings. The van der Waals surface area contributed by atoms with Gasteiger partial charge in [-0.25, -0.2) is 4.79 Å². The summed E-state index contributed by atoms with van der Waals surface area (Å²) in [6.45, 7) is 6.53. The van der Waals surface area contributed by atoms with Gasteiger partial charge in [0.05, 0.1) is 4.92 Å². The Morgan fingerprint density at radius 2 is 2.21 bits per heavy atom. The van der Waals surface area contributed by atoms with Crippen molar-refractivity contribution in [3.05, 3.63) is 32.8 Å². The number of halogens is 1. The van der Waals surface area contributed by atoms with Crippen LogP contribution >= 0.6 is 15.9 Å². The normalized spacial score (nSPS) is 17.7. The first kappa shape index (κ1) is 18.5. The third-order valence-electron chi connectivity index (χ3n) is 3.70. The lowest BCUT2D eigenvalue weighted by atomic mass is 10.2. The number of hydrogen-bond donors (Lipinski definition) is 1. The van der Waals surface area contributed by atoms with Crippen molar-refractivity contribution in [3.8, 4) is 0 Å². The molecule has 1 aliphatic heterocycles. The van der Waals surface area contributed by atoms with Crippen molar-refractivity contribution in [2.24, 2.45) is 0 Å². The van der Waals surface area contributed by atoms with Gasteiger partial charge in [0.2, 0.25) is 0 Å². The van der Waals surface area contributed by atoms with Gasteiger partial charge >= 0.3 is 6.09 Å². The lowest BCUT2D eigenvalue weighted by molar-refractivity contribution is -0.384. The van der Waals surface area contributed by atoms with E-state index in [2.05, 4.69) is 21.2 Å². The van der Waals surface area contributed by atoms with Gasteiger partial charge in [-0.2, -0.15) is 0 Å². The average molecular weight is 400 g/mol. The number of anilines is 1. The van der Waals surface area contributed by atoms with Crippen LogP contribution in [0.2, 0.25) is 0 Å². The van der Waals surface area contributed by atoms with Crippen LogP contribution in [-0.2, 0) is 4.74 Å². The predicted molar refractivity (Wildman–Crippen MR) is 95.4 cm³/mol. The van der Waals surface area contributed by atoms with E-state index >= 15 is 0 Å². The lowest BCUT2D eigenvalue weighted by Crippen LogP contribution is -2.42. The van der Waals surface area contributed by atoms with Gasteiger partial charge in [-0.15, -0.1) is 0 Å². The summed E-state index contributed by atoms with van der Waals surface area (Å²) in [5, 5.41) is 14.1. The number of nitrogens with zero attached hydrogens (tertiary/aromatic N) is 2. The third kappa shape index (κ3) is 4.83. The van der Waals surface area contributed by atoms with Crippen molar-refractivity contribution in [2.45, 2.75) is 45.3 Å². The molecule has 132 valence electrons. The maximum absolute atomic E-state index is 11.8. The summed E-state index contributed by atoms with van der Waals surface area (Å²) in [7, 11) is 0. The monoisotopic (exact) mass is 399 g/mol. The second-order valence-corrected chi connectivity index (χ2v) is 7.68. The fraction of sp³-hybridized carbons (Fsp3) is 0.562. The van der Waals surface area contributed by atoms with Gasteiger partial charge in [-0.05, 0) is 45.7 Å². The molecule has 8 heteroatoms. The molecule has 1 fully saturated rings. The summed E-state index contributed by atoms with van der Waals surface area (Å²) < 4.78 is 5.90. The highest BCUT2D eigenvalue weighted by Gasteiger charge is 2.30. The fourth-order valence-corrected chi connectivity index (χ4v) is 3.12. The molecule has 1 aromatic rings. The zero-order valence-corrected chi connectivity index (χ0v) is 15.6. The summed E-state index contributed by atoms with van der Waals surface area (Å²) in [5.74, 6) is 0. The molecule has 1 atom stereocenters. The van der Waals surface area contributed by atoms with Gasteiger partial charge in [-0.1, -0.05) is 15.9 Å². The van der Waals surface area contributed by atoms with E-state index < -0.39 is 11.7 Å². The Hall–Kier alpha value is -1.83. The van der Waals surface area contributed by atoms with E-state index in [1.807, 2.05) is 4.90 Å². The zero-order valence-electron chi connectivity index (χ0n) is 14.0. The Morgan fingerprint density at radius 3 is 2.83 bits per heavy atom. The van der Waals surface area contributed by atoms with Crippen LogP contribution in [0.25, 0.3) is 0 Å². The van der Waals surface area contributed by atoms with E-state index in [-0.39, 0.29) is 16.7 Å². The highest BCUT2D eigenvalue weighted by molar-refractivity contribution is 9.10. The first-order valence-electron chi connectivity index (χ1n) is 7.85. The van der Waals surface area contributed by atoms with Gasteiger partial charge in [0.15, 0.2) is 0 Å². The van der Waals surface area contributed by atoms with Gasteiger partial charge in [0.1, 0.15) is 11.3 Å². The molecule has 0 aromatic heterocycles. The Morgan fingerprint density at radius 1 is 1.50 bits per heavy atom. The molecule has 2 rings (SSSR count). The van der Waals surface area contributed by atoms with Crippen molar-refractivity contribution >= 4 is 33.4 Å². The molecule has 0 spiro atoms. The number of carbonyl (C=O) groups excluding carboxylic acids is 1. The number of rotatable bonds is 4. The number of hydrogen-bond acceptors (Lipinski definition) is 5. The highest BCUT2D eigenvalue weighted by Crippen LogP contribution is 2.35. The molecular formula is C16H22BrN3O4. The Bertz CT molecular complexity index is 630. The van der Waals surface area contributed by atoms with Crippen molar-refractivity contribution in [1.29, 1.82) is 0 Å². The van der Waals surface area contributed by atoms with Crippen LogP contribution < -0.4 is 10.2 Å². The van der Waals surface area contributed by atoms with Crippen molar-refractivity contribution in [3.63, 3.8) is 0 Å². The molecule has 1 heterocycles. The van der Waals surface area contributed by atoms with E-state index in [1.54, 1.807) is 32.9 Å². The molecule has 24 heavy (non-hydrogen) atoms. The van der Waals surface area contributed by atoms with Crippen molar-refractivity contribution < 1.29 is 14.5 Å². The van der Waals surface area contributed by atoms with Crippen LogP contribution in [0.3, 0.4) is 0 Å². The van der Waals surface area contributed by atoms with Gasteiger partial charge in [0.25, 0.3) is 5.69 Å². The van der Waals surface area contributed by atoms with E-state index in [4.69, 9.17) is 4.74 Å². The summed E-state index contributed by atoms with van der Waals surface area (Å²) >= 11 is 3.27. The zero-order chi connectivity index (χ0) is 17.9. The number of nitrogens with one attached hydrogen (secondary N) is 1. The van der Waals surface area contributed by atoms with E-state index in [9.17, 15) is 14.9 Å². The molecule has 1 aromatic carbocycles. The molecular weight excluding hydrogens is 378 g/mol. The standard InChI is InChI=1S/C16H22BrN3O4/c1-16(2,3)24-15(21)18-10-12-5-4-8-19(12)13-7-6-11(17)9-14(13)20(22)23/h6-7,9,12H,4-5,8,10H2,1-3H3,(H,18,21)/t12-/m1/s1. The second-order valence-electron chi connectivity index (χ2n) is 6.76. The smallest absolute Gasteiger partial charge is 0.407 e. The van der Waals surface area contributed by atoms with Gasteiger partial charge < -0.3 is 15.0 Å². The van der Waals surface area contributed by atoms with Crippen LogP contribution in [0.15, 0.2) is 22.7 Å². The molecule has 7 nitrogen and oxygen atoms in total. The van der Waals surface area contributed by atoms with E-state index in [0.29, 0.717) is 16.7 Å². The first-order valence-corrected chi connectivity index (χ1v) is 8.64. The Labute approximate surface area is 149 Å². The summed E-state index contributed by atoms with van der Waals surface area (Å²) in [4.78, 5) is 24.8. The SMILES string of the molecule is CC(C)(C)OC(=O)NC[C@H]1CCCN1c1ccc(Br)cc1[N+](=O)[O-]. The van der Waals surface area contributed by atoms with E-state index in [1.165, 1.54) is 6.07 Å². The predicted octanol–water partition coefficient (Wildman–Crippen LogP) is 3.85. The Kier molecular flexibility index (Phi) is 5.69. The minimum absolute atomic E-state index is 0.0115. The number of nitro benzene ring substituents is 1. The molecule has 1 amide bonds. The van der Waals surface area contributed by atoms with Crippen molar-refractivity contribution in [1.82, 2.24) is 5.32 Å². The number of ether oxygens (including phenoxy) is 1. The molecule has 1 saturated heterocycles. The topological polar surface area (TPSA) is 84.7 Å². The highest BCUT2D eigenvalue weighted by atomic mass is 79.9. The molecule has 0 aliphatic carbocycles. The largest absolute Gasteiger partial charge is 0.444 e. The van der Waals surface area contributed by atoms with Crippen LogP contribution in [-0.4, -0.2) is 35.7 Å². The van der Waals surface area contributed by atoms with Crippen molar-refractivity contribution in [2.75, 3.05) is 18.0 Å². The molecule has 0 saturated carbocycles. The summed E-state index contributed by atoms with van der Waals surface area (Å²) in [6, 6.07) is 5.05. The molecule has 0 radical (unpaired) electrons. The van der Waals surface area contributed by atoms with Gasteiger partial charge in [0, 0.05) is 29.7 Å².